The summed E-state index contributed by atoms with van der Waals surface area (Å²) in [6.45, 7) is 1.87. The fraction of sp³-hybridized carbons (Fsp3) is 0.250. The van der Waals surface area contributed by atoms with Gasteiger partial charge in [0.2, 0.25) is 5.79 Å². The van der Waals surface area contributed by atoms with Gasteiger partial charge in [-0.1, -0.05) is 42.4 Å². The molecule has 3 aromatic rings. The van der Waals surface area contributed by atoms with Gasteiger partial charge in [0.15, 0.2) is 0 Å². The molecule has 1 aromatic heterocycles. The molecule has 0 radical (unpaired) electrons. The van der Waals surface area contributed by atoms with Crippen molar-refractivity contribution in [2.75, 3.05) is 7.11 Å². The number of para-hydroxylation sites is 1. The number of ether oxygens (including phenoxy) is 2. The number of rotatable bonds is 2. The molecule has 2 heterocycles. The van der Waals surface area contributed by atoms with Crippen LogP contribution in [0.3, 0.4) is 0 Å². The average Bonchev–Trinajstić information content (AvgIpc) is 2.62. The maximum Gasteiger partial charge on any atom is 0.343 e. The van der Waals surface area contributed by atoms with Gasteiger partial charge in [0.1, 0.15) is 11.3 Å². The maximum atomic E-state index is 12.7. The van der Waals surface area contributed by atoms with Crippen molar-refractivity contribution in [3.05, 3.63) is 76.1 Å². The van der Waals surface area contributed by atoms with Gasteiger partial charge in [0, 0.05) is 26.4 Å². The van der Waals surface area contributed by atoms with E-state index >= 15 is 0 Å². The lowest BCUT2D eigenvalue weighted by atomic mass is 9.83. The number of benzene rings is 2. The molecular formula is C20H18O4. The molecule has 2 atom stereocenters. The van der Waals surface area contributed by atoms with Gasteiger partial charge < -0.3 is 13.9 Å². The molecule has 0 fully saturated rings. The van der Waals surface area contributed by atoms with Crippen LogP contribution < -0.4 is 10.4 Å². The highest BCUT2D eigenvalue weighted by atomic mass is 16.7. The van der Waals surface area contributed by atoms with Crippen LogP contribution in [-0.2, 0) is 4.74 Å². The van der Waals surface area contributed by atoms with Crippen LogP contribution in [0.1, 0.15) is 31.8 Å². The predicted molar refractivity (Wildman–Crippen MR) is 91.4 cm³/mol. The van der Waals surface area contributed by atoms with E-state index in [4.69, 9.17) is 15.3 Å². The molecule has 0 saturated heterocycles. The second kappa shape index (κ2) is 5.49. The van der Waals surface area contributed by atoms with Crippen molar-refractivity contribution in [2.24, 2.45) is 0 Å². The molecule has 2 unspecified atom stereocenters. The number of hydrogen-bond acceptors (Lipinski definition) is 4. The van der Waals surface area contributed by atoms with Crippen LogP contribution in [0.2, 0.25) is 0 Å². The summed E-state index contributed by atoms with van der Waals surface area (Å²) in [6, 6.07) is 14.9. The zero-order valence-electron chi connectivity index (χ0n) is 14.5. The number of methoxy groups -OCH3 is 1. The molecule has 1 aliphatic heterocycles. The first-order chi connectivity index (χ1) is 12.0. The van der Waals surface area contributed by atoms with E-state index in [1.54, 1.807) is 25.3 Å². The van der Waals surface area contributed by atoms with Gasteiger partial charge in [0.25, 0.3) is 0 Å². The van der Waals surface area contributed by atoms with Gasteiger partial charge in [-0.05, 0) is 17.7 Å². The lowest BCUT2D eigenvalue weighted by Crippen LogP contribution is -2.41. The number of fused-ring (bicyclic) bond motifs is 3. The first-order valence-electron chi connectivity index (χ1n) is 8.37. The highest BCUT2D eigenvalue weighted by molar-refractivity contribution is 5.85. The molecule has 0 aliphatic carbocycles. The van der Waals surface area contributed by atoms with Crippen molar-refractivity contribution < 1.29 is 15.3 Å². The van der Waals surface area contributed by atoms with Crippen LogP contribution in [0, 0.1) is 0 Å². The third-order valence-corrected chi connectivity index (χ3v) is 4.62. The summed E-state index contributed by atoms with van der Waals surface area (Å²) in [5, 5.41) is 0.752. The molecule has 0 saturated carbocycles. The van der Waals surface area contributed by atoms with Crippen LogP contribution >= 0.6 is 0 Å². The highest BCUT2D eigenvalue weighted by Gasteiger charge is 2.41. The monoisotopic (exact) mass is 323 g/mol. The summed E-state index contributed by atoms with van der Waals surface area (Å²) < 4.78 is 24.9. The second-order valence-corrected chi connectivity index (χ2v) is 6.16. The van der Waals surface area contributed by atoms with Gasteiger partial charge >= 0.3 is 5.63 Å². The van der Waals surface area contributed by atoms with Gasteiger partial charge in [-0.3, -0.25) is 0 Å². The smallest absolute Gasteiger partial charge is 0.343 e. The van der Waals surface area contributed by atoms with Gasteiger partial charge in [-0.25, -0.2) is 4.79 Å². The van der Waals surface area contributed by atoms with E-state index in [0.717, 1.165) is 10.9 Å². The van der Waals surface area contributed by atoms with Gasteiger partial charge in [0.05, 0.1) is 12.3 Å². The van der Waals surface area contributed by atoms with E-state index in [0.29, 0.717) is 29.4 Å². The molecule has 24 heavy (non-hydrogen) atoms. The Kier molecular flexibility index (Phi) is 3.16. The van der Waals surface area contributed by atoms with Crippen molar-refractivity contribution in [1.82, 2.24) is 0 Å². The van der Waals surface area contributed by atoms with Crippen molar-refractivity contribution in [3.63, 3.8) is 0 Å². The minimum atomic E-state index is -0.853. The zero-order valence-corrected chi connectivity index (χ0v) is 13.5. The molecule has 0 N–H and O–H groups in total. The van der Waals surface area contributed by atoms with E-state index in [9.17, 15) is 4.79 Å². The summed E-state index contributed by atoms with van der Waals surface area (Å²) >= 11 is 0. The minimum Gasteiger partial charge on any atom is -0.461 e. The molecule has 4 rings (SSSR count). The quantitative estimate of drug-likeness (QED) is 0.667. The van der Waals surface area contributed by atoms with Crippen LogP contribution in [-0.4, -0.2) is 12.9 Å². The third-order valence-electron chi connectivity index (χ3n) is 4.62. The first-order valence-corrected chi connectivity index (χ1v) is 7.87. The Bertz CT molecular complexity index is 993. The van der Waals surface area contributed by atoms with Crippen molar-refractivity contribution in [2.45, 2.75) is 25.0 Å². The van der Waals surface area contributed by atoms with Crippen LogP contribution in [0.5, 0.6) is 5.75 Å². The molecule has 4 nitrogen and oxygen atoms in total. The lowest BCUT2D eigenvalue weighted by Gasteiger charge is -2.38. The van der Waals surface area contributed by atoms with E-state index in [2.05, 4.69) is 0 Å². The minimum absolute atomic E-state index is 0.227. The molecule has 2 aromatic carbocycles. The fourth-order valence-electron chi connectivity index (χ4n) is 3.32. The Morgan fingerprint density at radius 2 is 1.96 bits per heavy atom. The largest absolute Gasteiger partial charge is 0.461 e. The molecule has 0 spiro atoms. The standard InChI is InChI=1S/C20H18O4/c1-20(22-2)12-15(13-8-4-3-5-9-13)17-18(24-20)14-10-6-7-11-16(14)23-19(17)21/h3-11,15H,12H2,1-2H3/i3D. The molecule has 122 valence electrons. The highest BCUT2D eigenvalue weighted by Crippen LogP contribution is 2.45. The van der Waals surface area contributed by atoms with Crippen molar-refractivity contribution in [3.8, 4) is 5.75 Å². The van der Waals surface area contributed by atoms with E-state index in [1.165, 1.54) is 0 Å². The van der Waals surface area contributed by atoms with Crippen LogP contribution in [0.4, 0.5) is 0 Å². The first kappa shape index (κ1) is 13.8. The van der Waals surface area contributed by atoms with Crippen LogP contribution in [0.15, 0.2) is 63.8 Å². The topological polar surface area (TPSA) is 48.7 Å². The van der Waals surface area contributed by atoms with Crippen molar-refractivity contribution in [1.29, 1.82) is 0 Å². The van der Waals surface area contributed by atoms with E-state index in [1.807, 2.05) is 37.3 Å². The Hall–Kier alpha value is -2.59. The Morgan fingerprint density at radius 1 is 1.21 bits per heavy atom. The van der Waals surface area contributed by atoms with Gasteiger partial charge in [-0.15, -0.1) is 0 Å². The molecule has 4 heteroatoms. The predicted octanol–water partition coefficient (Wildman–Crippen LogP) is 4.07. The fourth-order valence-corrected chi connectivity index (χ4v) is 3.32. The average molecular weight is 323 g/mol. The summed E-state index contributed by atoms with van der Waals surface area (Å²) in [5.74, 6) is -0.564. The summed E-state index contributed by atoms with van der Waals surface area (Å²) in [4.78, 5) is 12.7. The Balaban J connectivity index is 2.00. The second-order valence-electron chi connectivity index (χ2n) is 6.16. The maximum absolute atomic E-state index is 12.7. The lowest BCUT2D eigenvalue weighted by molar-refractivity contribution is -0.163. The zero-order chi connectivity index (χ0) is 17.6. The Labute approximate surface area is 141 Å². The summed E-state index contributed by atoms with van der Waals surface area (Å²) in [5.41, 5.74) is 1.54. The van der Waals surface area contributed by atoms with E-state index in [-0.39, 0.29) is 5.92 Å². The molecule has 1 aliphatic rings. The summed E-state index contributed by atoms with van der Waals surface area (Å²) in [7, 11) is 1.60. The normalized spacial score (nSPS) is 23.4. The molecular weight excluding hydrogens is 304 g/mol. The molecule has 0 amide bonds. The van der Waals surface area contributed by atoms with E-state index < -0.39 is 11.4 Å². The molecule has 0 bridgehead atoms. The Morgan fingerprint density at radius 3 is 2.71 bits per heavy atom. The SMILES string of the molecule is [2H]c1ccc(C2CC(C)(OC)Oc3c2c(=O)oc2ccccc32)cc1. The third kappa shape index (κ3) is 2.31. The van der Waals surface area contributed by atoms with Gasteiger partial charge in [-0.2, -0.15) is 0 Å². The number of hydrogen-bond donors (Lipinski definition) is 0. The van der Waals surface area contributed by atoms with Crippen LogP contribution in [0.25, 0.3) is 11.0 Å². The van der Waals surface area contributed by atoms with Crippen molar-refractivity contribution >= 4 is 11.0 Å². The summed E-state index contributed by atoms with van der Waals surface area (Å²) in [6.07, 6.45) is 0.483.